The molecule has 0 atom stereocenters. The summed E-state index contributed by atoms with van der Waals surface area (Å²) in [6.07, 6.45) is 8.38. The summed E-state index contributed by atoms with van der Waals surface area (Å²) < 4.78 is 28.3. The highest BCUT2D eigenvalue weighted by molar-refractivity contribution is 4.91. The molecule has 0 unspecified atom stereocenters. The van der Waals surface area contributed by atoms with Crippen LogP contribution in [0.4, 0.5) is 8.78 Å². The largest absolute Gasteiger partial charge is 0.244 e. The first-order valence-corrected chi connectivity index (χ1v) is 7.88. The average Bonchev–Trinajstić information content (AvgIpc) is 2.41. The van der Waals surface area contributed by atoms with Gasteiger partial charge in [-0.05, 0) is 76.0 Å². The van der Waals surface area contributed by atoms with E-state index in [1.54, 1.807) is 0 Å². The molecule has 2 rings (SSSR count). The Bertz CT molecular complexity index is 230. The predicted molar refractivity (Wildman–Crippen MR) is 72.2 cm³/mol. The third kappa shape index (κ3) is 3.05. The van der Waals surface area contributed by atoms with Crippen molar-refractivity contribution >= 4 is 0 Å². The molecule has 0 nitrogen and oxygen atoms in total. The first kappa shape index (κ1) is 14.3. The lowest BCUT2D eigenvalue weighted by atomic mass is 9.67. The molecule has 0 saturated heterocycles. The zero-order chi connectivity index (χ0) is 13.2. The molecular formula is C16H28F2. The molecule has 0 heterocycles. The van der Waals surface area contributed by atoms with Crippen molar-refractivity contribution in [3.05, 3.63) is 0 Å². The zero-order valence-electron chi connectivity index (χ0n) is 12.0. The second kappa shape index (κ2) is 5.46. The van der Waals surface area contributed by atoms with Crippen LogP contribution in [0.3, 0.4) is 0 Å². The maximum absolute atomic E-state index is 14.2. The van der Waals surface area contributed by atoms with Gasteiger partial charge in [0.2, 0.25) is 0 Å². The number of rotatable bonds is 3. The normalized spacial score (nSPS) is 46.0. The van der Waals surface area contributed by atoms with E-state index in [0.717, 1.165) is 51.4 Å². The van der Waals surface area contributed by atoms with Gasteiger partial charge in [0.1, 0.15) is 11.3 Å². The first-order valence-electron chi connectivity index (χ1n) is 7.88. The Morgan fingerprint density at radius 1 is 0.722 bits per heavy atom. The van der Waals surface area contributed by atoms with Gasteiger partial charge in [-0.15, -0.1) is 0 Å². The lowest BCUT2D eigenvalue weighted by Crippen LogP contribution is -2.35. The maximum atomic E-state index is 14.2. The van der Waals surface area contributed by atoms with E-state index >= 15 is 0 Å². The van der Waals surface area contributed by atoms with E-state index in [0.29, 0.717) is 24.7 Å². The number of hydrogen-bond donors (Lipinski definition) is 0. The summed E-state index contributed by atoms with van der Waals surface area (Å²) in [6.45, 7) is 3.92. The molecule has 0 N–H and O–H groups in total. The molecule has 0 bridgehead atoms. The summed E-state index contributed by atoms with van der Waals surface area (Å²) in [5.41, 5.74) is -1.78. The van der Waals surface area contributed by atoms with Crippen LogP contribution in [-0.4, -0.2) is 11.3 Å². The van der Waals surface area contributed by atoms with Gasteiger partial charge in [0.05, 0.1) is 0 Å². The van der Waals surface area contributed by atoms with Crippen LogP contribution in [-0.2, 0) is 0 Å². The fourth-order valence-corrected chi connectivity index (χ4v) is 3.96. The second-order valence-corrected chi connectivity index (χ2v) is 6.68. The molecule has 0 aliphatic heterocycles. The van der Waals surface area contributed by atoms with E-state index in [1.807, 2.05) is 13.8 Å². The third-order valence-corrected chi connectivity index (χ3v) is 5.79. The molecule has 18 heavy (non-hydrogen) atoms. The van der Waals surface area contributed by atoms with E-state index in [9.17, 15) is 8.78 Å². The van der Waals surface area contributed by atoms with E-state index in [1.165, 1.54) is 0 Å². The minimum atomic E-state index is -0.890. The zero-order valence-corrected chi connectivity index (χ0v) is 12.0. The topological polar surface area (TPSA) is 0 Å². The van der Waals surface area contributed by atoms with Crippen LogP contribution in [0.2, 0.25) is 0 Å². The minimum Gasteiger partial charge on any atom is -0.244 e. The van der Waals surface area contributed by atoms with Crippen LogP contribution in [0, 0.1) is 11.8 Å². The van der Waals surface area contributed by atoms with Crippen molar-refractivity contribution < 1.29 is 8.78 Å². The van der Waals surface area contributed by atoms with Gasteiger partial charge >= 0.3 is 0 Å². The summed E-state index contributed by atoms with van der Waals surface area (Å²) in [7, 11) is 0. The average molecular weight is 258 g/mol. The van der Waals surface area contributed by atoms with Crippen molar-refractivity contribution in [1.82, 2.24) is 0 Å². The van der Waals surface area contributed by atoms with Gasteiger partial charge < -0.3 is 0 Å². The molecular weight excluding hydrogens is 230 g/mol. The SMILES string of the molecule is CCC1(F)CCC(C2CCC(F)(CC)CC2)CC1. The van der Waals surface area contributed by atoms with Gasteiger partial charge in [0.25, 0.3) is 0 Å². The first-order chi connectivity index (χ1) is 8.50. The fraction of sp³-hybridized carbons (Fsp3) is 1.00. The number of halogens is 2. The summed E-state index contributed by atoms with van der Waals surface area (Å²) >= 11 is 0. The standard InChI is InChI=1S/C16H28F2/c1-3-15(17)9-5-13(6-10-15)14-7-11-16(18,4-2)12-8-14/h13-14H,3-12H2,1-2H3. The lowest BCUT2D eigenvalue weighted by molar-refractivity contribution is 0.0252. The van der Waals surface area contributed by atoms with Crippen molar-refractivity contribution in [1.29, 1.82) is 0 Å². The van der Waals surface area contributed by atoms with E-state index in [-0.39, 0.29) is 0 Å². The summed E-state index contributed by atoms with van der Waals surface area (Å²) in [6, 6.07) is 0. The Morgan fingerprint density at radius 3 is 1.22 bits per heavy atom. The highest BCUT2D eigenvalue weighted by Crippen LogP contribution is 2.46. The van der Waals surface area contributed by atoms with Crippen molar-refractivity contribution in [2.45, 2.75) is 89.4 Å². The minimum absolute atomic E-state index is 0.661. The summed E-state index contributed by atoms with van der Waals surface area (Å²) in [5.74, 6) is 1.34. The number of hydrogen-bond acceptors (Lipinski definition) is 0. The van der Waals surface area contributed by atoms with Gasteiger partial charge in [-0.1, -0.05) is 13.8 Å². The Morgan fingerprint density at radius 2 is 1.00 bits per heavy atom. The van der Waals surface area contributed by atoms with Crippen molar-refractivity contribution in [2.24, 2.45) is 11.8 Å². The molecule has 0 radical (unpaired) electrons. The monoisotopic (exact) mass is 258 g/mol. The Kier molecular flexibility index (Phi) is 4.33. The quantitative estimate of drug-likeness (QED) is 0.617. The summed E-state index contributed by atoms with van der Waals surface area (Å²) in [5, 5.41) is 0. The van der Waals surface area contributed by atoms with Crippen LogP contribution >= 0.6 is 0 Å². The van der Waals surface area contributed by atoms with Crippen molar-refractivity contribution in [2.75, 3.05) is 0 Å². The smallest absolute Gasteiger partial charge is 0.110 e. The van der Waals surface area contributed by atoms with E-state index in [4.69, 9.17) is 0 Å². The molecule has 2 aliphatic rings. The van der Waals surface area contributed by atoms with Crippen LogP contribution < -0.4 is 0 Å². The van der Waals surface area contributed by atoms with Gasteiger partial charge in [-0.25, -0.2) is 8.78 Å². The Labute approximate surface area is 111 Å². The summed E-state index contributed by atoms with van der Waals surface area (Å²) in [4.78, 5) is 0. The lowest BCUT2D eigenvalue weighted by Gasteiger charge is -2.41. The Hall–Kier alpha value is -0.140. The predicted octanol–water partition coefficient (Wildman–Crippen LogP) is 5.60. The van der Waals surface area contributed by atoms with Crippen molar-refractivity contribution in [3.8, 4) is 0 Å². The highest BCUT2D eigenvalue weighted by atomic mass is 19.1. The molecule has 2 heteroatoms. The highest BCUT2D eigenvalue weighted by Gasteiger charge is 2.40. The molecule has 0 aromatic heterocycles. The third-order valence-electron chi connectivity index (χ3n) is 5.79. The fourth-order valence-electron chi connectivity index (χ4n) is 3.96. The van der Waals surface area contributed by atoms with Gasteiger partial charge in [-0.3, -0.25) is 0 Å². The molecule has 0 amide bonds. The second-order valence-electron chi connectivity index (χ2n) is 6.68. The molecule has 0 aromatic rings. The molecule has 106 valence electrons. The van der Waals surface area contributed by atoms with E-state index < -0.39 is 11.3 Å². The molecule has 2 aliphatic carbocycles. The molecule has 0 aromatic carbocycles. The van der Waals surface area contributed by atoms with Crippen molar-refractivity contribution in [3.63, 3.8) is 0 Å². The van der Waals surface area contributed by atoms with Crippen LogP contribution in [0.25, 0.3) is 0 Å². The van der Waals surface area contributed by atoms with Crippen LogP contribution in [0.1, 0.15) is 78.1 Å². The van der Waals surface area contributed by atoms with Crippen LogP contribution in [0.5, 0.6) is 0 Å². The molecule has 2 fully saturated rings. The van der Waals surface area contributed by atoms with Gasteiger partial charge in [-0.2, -0.15) is 0 Å². The Balaban J connectivity index is 1.82. The maximum Gasteiger partial charge on any atom is 0.110 e. The van der Waals surface area contributed by atoms with Gasteiger partial charge in [0, 0.05) is 0 Å². The molecule has 2 saturated carbocycles. The van der Waals surface area contributed by atoms with E-state index in [2.05, 4.69) is 0 Å². The van der Waals surface area contributed by atoms with Crippen LogP contribution in [0.15, 0.2) is 0 Å². The molecule has 0 spiro atoms. The number of alkyl halides is 2. The van der Waals surface area contributed by atoms with Gasteiger partial charge in [0.15, 0.2) is 0 Å².